The monoisotopic (exact) mass is 863 g/mol. The topological polar surface area (TPSA) is 78.9 Å². The summed E-state index contributed by atoms with van der Waals surface area (Å²) in [6.45, 7) is 13.7. The minimum Gasteiger partial charge on any atom is -0.462 e. The van der Waals surface area contributed by atoms with Gasteiger partial charge in [-0.25, -0.2) is 0 Å². The third-order valence-electron chi connectivity index (χ3n) is 12.4. The van der Waals surface area contributed by atoms with Crippen molar-refractivity contribution < 1.29 is 28.6 Å². The molecular weight excluding hydrogens is 757 g/mol. The van der Waals surface area contributed by atoms with Gasteiger partial charge in [-0.3, -0.25) is 14.4 Å². The van der Waals surface area contributed by atoms with E-state index in [4.69, 9.17) is 14.2 Å². The summed E-state index contributed by atoms with van der Waals surface area (Å²) in [6.07, 6.45) is 46.6. The van der Waals surface area contributed by atoms with Gasteiger partial charge in [0, 0.05) is 19.3 Å². The standard InChI is InChI=1S/C55H106O6/c1-49(2)41-35-29-23-17-12-9-7-8-10-14-20-26-32-38-44-53(56)59-47-52(61-55(58)46-40-34-28-22-16-19-25-31-37-43-51(5)6)48-60-54(57)45-39-33-27-21-15-11-13-18-24-30-36-42-50(3)4/h49-52H,7-48H2,1-6H3/t52-/m1/s1. The number of hydrogen-bond acceptors (Lipinski definition) is 6. The molecule has 0 aliphatic rings. The average Bonchev–Trinajstić information content (AvgIpc) is 3.22. The SMILES string of the molecule is CC(C)CCCCCCCCCCCCCCCCC(=O)OC[C@H](COC(=O)CCCCCCCCCCCCCC(C)C)OC(=O)CCCCCCCCCCCC(C)C. The molecule has 6 heteroatoms. The van der Waals surface area contributed by atoms with Gasteiger partial charge in [0.2, 0.25) is 0 Å². The van der Waals surface area contributed by atoms with Crippen LogP contribution in [-0.2, 0) is 28.6 Å². The second kappa shape index (κ2) is 46.4. The van der Waals surface area contributed by atoms with E-state index >= 15 is 0 Å². The van der Waals surface area contributed by atoms with E-state index in [1.807, 2.05) is 0 Å². The van der Waals surface area contributed by atoms with E-state index in [1.54, 1.807) is 0 Å². The van der Waals surface area contributed by atoms with Crippen LogP contribution >= 0.6 is 0 Å². The summed E-state index contributed by atoms with van der Waals surface area (Å²) in [5, 5.41) is 0. The minimum absolute atomic E-state index is 0.0644. The molecule has 0 aromatic heterocycles. The maximum Gasteiger partial charge on any atom is 0.306 e. The van der Waals surface area contributed by atoms with E-state index < -0.39 is 6.10 Å². The van der Waals surface area contributed by atoms with E-state index in [0.717, 1.165) is 75.5 Å². The zero-order chi connectivity index (χ0) is 44.9. The van der Waals surface area contributed by atoms with Crippen LogP contribution in [-0.4, -0.2) is 37.2 Å². The molecule has 0 aromatic carbocycles. The number of carbonyl (C=O) groups excluding carboxylic acids is 3. The highest BCUT2D eigenvalue weighted by atomic mass is 16.6. The fourth-order valence-electron chi connectivity index (χ4n) is 8.29. The van der Waals surface area contributed by atoms with Crippen LogP contribution in [0.2, 0.25) is 0 Å². The fraction of sp³-hybridized carbons (Fsp3) is 0.945. The molecule has 6 nitrogen and oxygen atoms in total. The second-order valence-corrected chi connectivity index (χ2v) is 20.3. The van der Waals surface area contributed by atoms with E-state index in [2.05, 4.69) is 41.5 Å². The zero-order valence-electron chi connectivity index (χ0n) is 42.0. The van der Waals surface area contributed by atoms with Gasteiger partial charge in [0.15, 0.2) is 6.10 Å². The Bertz CT molecular complexity index is 945. The van der Waals surface area contributed by atoms with Crippen molar-refractivity contribution in [2.24, 2.45) is 17.8 Å². The Labute approximate surface area is 380 Å². The van der Waals surface area contributed by atoms with Crippen molar-refractivity contribution >= 4 is 17.9 Å². The Morgan fingerprint density at radius 3 is 0.705 bits per heavy atom. The Kier molecular flexibility index (Phi) is 45.2. The van der Waals surface area contributed by atoms with Gasteiger partial charge in [-0.1, -0.05) is 260 Å². The van der Waals surface area contributed by atoms with Gasteiger partial charge in [-0.05, 0) is 37.0 Å². The highest BCUT2D eigenvalue weighted by Crippen LogP contribution is 2.18. The van der Waals surface area contributed by atoms with Crippen molar-refractivity contribution in [1.82, 2.24) is 0 Å². The van der Waals surface area contributed by atoms with Crippen LogP contribution in [0.25, 0.3) is 0 Å². The number of ether oxygens (including phenoxy) is 3. The first-order chi connectivity index (χ1) is 29.6. The minimum atomic E-state index is -0.763. The van der Waals surface area contributed by atoms with Crippen molar-refractivity contribution in [3.05, 3.63) is 0 Å². The molecule has 0 unspecified atom stereocenters. The Morgan fingerprint density at radius 2 is 0.475 bits per heavy atom. The molecule has 0 aliphatic carbocycles. The second-order valence-electron chi connectivity index (χ2n) is 20.3. The largest absolute Gasteiger partial charge is 0.462 e. The molecule has 362 valence electrons. The molecule has 0 radical (unpaired) electrons. The predicted molar refractivity (Wildman–Crippen MR) is 261 cm³/mol. The van der Waals surface area contributed by atoms with Crippen LogP contribution < -0.4 is 0 Å². The van der Waals surface area contributed by atoms with E-state index in [1.165, 1.54) is 180 Å². The first-order valence-electron chi connectivity index (χ1n) is 27.1. The Morgan fingerprint density at radius 1 is 0.279 bits per heavy atom. The molecule has 0 aliphatic heterocycles. The van der Waals surface area contributed by atoms with Crippen LogP contribution in [0.5, 0.6) is 0 Å². The number of rotatable bonds is 48. The summed E-state index contributed by atoms with van der Waals surface area (Å²) in [5.41, 5.74) is 0. The van der Waals surface area contributed by atoms with Crippen LogP contribution in [0.1, 0.15) is 298 Å². The summed E-state index contributed by atoms with van der Waals surface area (Å²) >= 11 is 0. The van der Waals surface area contributed by atoms with Gasteiger partial charge in [0.05, 0.1) is 0 Å². The molecule has 61 heavy (non-hydrogen) atoms. The lowest BCUT2D eigenvalue weighted by atomic mass is 10.0. The molecular formula is C55H106O6. The van der Waals surface area contributed by atoms with Gasteiger partial charge >= 0.3 is 17.9 Å². The van der Waals surface area contributed by atoms with Crippen molar-refractivity contribution in [2.45, 2.75) is 304 Å². The molecule has 0 rings (SSSR count). The molecule has 0 bridgehead atoms. The van der Waals surface area contributed by atoms with Gasteiger partial charge in [-0.15, -0.1) is 0 Å². The molecule has 0 fully saturated rings. The molecule has 0 N–H and O–H groups in total. The highest BCUT2D eigenvalue weighted by Gasteiger charge is 2.19. The van der Waals surface area contributed by atoms with Crippen LogP contribution in [0.3, 0.4) is 0 Å². The summed E-state index contributed by atoms with van der Waals surface area (Å²) in [4.78, 5) is 38.0. The maximum atomic E-state index is 12.8. The van der Waals surface area contributed by atoms with Crippen LogP contribution in [0.15, 0.2) is 0 Å². The molecule has 0 aromatic rings. The summed E-state index contributed by atoms with van der Waals surface area (Å²) in [5.74, 6) is 1.63. The summed E-state index contributed by atoms with van der Waals surface area (Å²) in [7, 11) is 0. The first kappa shape index (κ1) is 59.4. The number of unbranched alkanes of at least 4 members (excludes halogenated alkanes) is 31. The van der Waals surface area contributed by atoms with E-state index in [9.17, 15) is 14.4 Å². The summed E-state index contributed by atoms with van der Waals surface area (Å²) in [6, 6.07) is 0. The fourth-order valence-corrected chi connectivity index (χ4v) is 8.29. The first-order valence-corrected chi connectivity index (χ1v) is 27.1. The molecule has 0 heterocycles. The lowest BCUT2D eigenvalue weighted by Crippen LogP contribution is -2.30. The molecule has 1 atom stereocenters. The van der Waals surface area contributed by atoms with Crippen molar-refractivity contribution in [3.63, 3.8) is 0 Å². The number of hydrogen-bond donors (Lipinski definition) is 0. The normalized spacial score (nSPS) is 12.1. The maximum absolute atomic E-state index is 12.8. The third-order valence-corrected chi connectivity index (χ3v) is 12.4. The van der Waals surface area contributed by atoms with E-state index in [-0.39, 0.29) is 31.1 Å². The van der Waals surface area contributed by atoms with Gasteiger partial charge < -0.3 is 14.2 Å². The average molecular weight is 863 g/mol. The molecule has 0 spiro atoms. The van der Waals surface area contributed by atoms with Crippen molar-refractivity contribution in [3.8, 4) is 0 Å². The lowest BCUT2D eigenvalue weighted by Gasteiger charge is -2.18. The molecule has 0 amide bonds. The molecule has 0 saturated carbocycles. The van der Waals surface area contributed by atoms with E-state index in [0.29, 0.717) is 19.3 Å². The lowest BCUT2D eigenvalue weighted by molar-refractivity contribution is -0.167. The third kappa shape index (κ3) is 49.3. The smallest absolute Gasteiger partial charge is 0.306 e. The van der Waals surface area contributed by atoms with Crippen molar-refractivity contribution in [1.29, 1.82) is 0 Å². The summed E-state index contributed by atoms with van der Waals surface area (Å²) < 4.78 is 16.8. The van der Waals surface area contributed by atoms with Crippen molar-refractivity contribution in [2.75, 3.05) is 13.2 Å². The Balaban J connectivity index is 4.29. The quantitative estimate of drug-likeness (QED) is 0.0344. The van der Waals surface area contributed by atoms with Gasteiger partial charge in [0.25, 0.3) is 0 Å². The number of esters is 3. The van der Waals surface area contributed by atoms with Gasteiger partial charge in [-0.2, -0.15) is 0 Å². The predicted octanol–water partition coefficient (Wildman–Crippen LogP) is 17.6. The zero-order valence-corrected chi connectivity index (χ0v) is 42.0. The van der Waals surface area contributed by atoms with Gasteiger partial charge in [0.1, 0.15) is 13.2 Å². The van der Waals surface area contributed by atoms with Crippen LogP contribution in [0, 0.1) is 17.8 Å². The Hall–Kier alpha value is -1.59. The highest BCUT2D eigenvalue weighted by molar-refractivity contribution is 5.71. The molecule has 0 saturated heterocycles. The van der Waals surface area contributed by atoms with Crippen LogP contribution in [0.4, 0.5) is 0 Å². The number of carbonyl (C=O) groups is 3.